The van der Waals surface area contributed by atoms with Gasteiger partial charge in [0, 0.05) is 5.92 Å². The zero-order valence-electron chi connectivity index (χ0n) is 28.4. The molecule has 0 aromatic carbocycles. The van der Waals surface area contributed by atoms with Crippen LogP contribution in [-0.4, -0.2) is 22.4 Å². The van der Waals surface area contributed by atoms with Gasteiger partial charge < -0.3 is 10.2 Å². The minimum absolute atomic E-state index is 0.0275. The lowest BCUT2D eigenvalue weighted by Gasteiger charge is -2.38. The minimum atomic E-state index is -0.316. The molecule has 42 heavy (non-hydrogen) atoms. The number of allylic oxidation sites excluding steroid dienone is 16. The summed E-state index contributed by atoms with van der Waals surface area (Å²) in [6.07, 6.45) is 30.6. The normalized spacial score (nSPS) is 26.2. The van der Waals surface area contributed by atoms with Gasteiger partial charge in [-0.1, -0.05) is 128 Å². The zero-order valence-corrected chi connectivity index (χ0v) is 28.4. The molecule has 2 heteroatoms. The lowest BCUT2D eigenvalue weighted by Crippen LogP contribution is -2.32. The fourth-order valence-corrected chi connectivity index (χ4v) is 6.60. The molecule has 0 heterocycles. The summed E-state index contributed by atoms with van der Waals surface area (Å²) < 4.78 is 0. The van der Waals surface area contributed by atoms with Crippen molar-refractivity contribution < 1.29 is 10.2 Å². The molecule has 2 aliphatic rings. The molecule has 0 aromatic heterocycles. The predicted octanol–water partition coefficient (Wildman–Crippen LogP) is 10.9. The topological polar surface area (TPSA) is 40.5 Å². The number of rotatable bonds is 12. The van der Waals surface area contributed by atoms with Crippen LogP contribution in [0.5, 0.6) is 0 Å². The molecule has 0 aromatic rings. The van der Waals surface area contributed by atoms with Gasteiger partial charge in [-0.25, -0.2) is 0 Å². The van der Waals surface area contributed by atoms with Gasteiger partial charge in [-0.3, -0.25) is 0 Å². The summed E-state index contributed by atoms with van der Waals surface area (Å²) in [6, 6.07) is 0. The van der Waals surface area contributed by atoms with Crippen LogP contribution in [0.15, 0.2) is 106 Å². The Labute approximate surface area is 258 Å². The average Bonchev–Trinajstić information content (AvgIpc) is 2.84. The van der Waals surface area contributed by atoms with Crippen molar-refractivity contribution in [3.8, 4) is 0 Å². The standard InChI is InChI=1S/C40H60O2/c1-29(17-13-19-31(3)21-23-37-33(5)25-35(41)27-39(37,7)8)15-11-12-16-30(2)18-14-20-32(4)22-24-38-34(6)26-36(42)28-40(38,9)10/h11-12,15-16,19-25,35-37,41-42H,13-14,17-18,26-28H2,1-10H3/b12-11+,23-21+,24-22+,29-15+,30-16+,31-19+,32-20+/t35-,36-,37-/m0/s1. The molecule has 2 N–H and O–H groups in total. The Morgan fingerprint density at radius 1 is 0.833 bits per heavy atom. The van der Waals surface area contributed by atoms with Crippen molar-refractivity contribution in [3.63, 3.8) is 0 Å². The summed E-state index contributed by atoms with van der Waals surface area (Å²) in [5, 5.41) is 20.2. The maximum atomic E-state index is 10.1. The Bertz CT molecular complexity index is 1190. The van der Waals surface area contributed by atoms with E-state index >= 15 is 0 Å². The molecule has 0 spiro atoms. The molecule has 0 saturated heterocycles. The zero-order chi connectivity index (χ0) is 31.5. The van der Waals surface area contributed by atoms with Gasteiger partial charge in [-0.15, -0.1) is 0 Å². The molecule has 0 saturated carbocycles. The Morgan fingerprint density at radius 2 is 1.38 bits per heavy atom. The molecule has 3 atom stereocenters. The Morgan fingerprint density at radius 3 is 1.90 bits per heavy atom. The molecule has 0 radical (unpaired) electrons. The van der Waals surface area contributed by atoms with Gasteiger partial charge >= 0.3 is 0 Å². The van der Waals surface area contributed by atoms with Crippen molar-refractivity contribution in [2.75, 3.05) is 0 Å². The maximum Gasteiger partial charge on any atom is 0.0729 e. The molecule has 0 amide bonds. The van der Waals surface area contributed by atoms with Crippen LogP contribution >= 0.6 is 0 Å². The van der Waals surface area contributed by atoms with Crippen LogP contribution in [0.25, 0.3) is 0 Å². The first-order valence-corrected chi connectivity index (χ1v) is 16.0. The van der Waals surface area contributed by atoms with Crippen LogP contribution in [-0.2, 0) is 0 Å². The summed E-state index contributed by atoms with van der Waals surface area (Å²) >= 11 is 0. The molecule has 0 unspecified atom stereocenters. The van der Waals surface area contributed by atoms with Crippen molar-refractivity contribution in [1.82, 2.24) is 0 Å². The van der Waals surface area contributed by atoms with E-state index in [1.54, 1.807) is 0 Å². The van der Waals surface area contributed by atoms with Gasteiger partial charge in [0.25, 0.3) is 0 Å². The Balaban J connectivity index is 1.79. The van der Waals surface area contributed by atoms with Crippen molar-refractivity contribution in [2.24, 2.45) is 16.7 Å². The molecule has 2 rings (SSSR count). The molecular weight excluding hydrogens is 512 g/mol. The van der Waals surface area contributed by atoms with E-state index in [0.717, 1.165) is 44.9 Å². The molecule has 0 bridgehead atoms. The number of aliphatic hydroxyl groups is 2. The van der Waals surface area contributed by atoms with Crippen LogP contribution in [0.2, 0.25) is 0 Å². The summed E-state index contributed by atoms with van der Waals surface area (Å²) in [6.45, 7) is 22.0. The summed E-state index contributed by atoms with van der Waals surface area (Å²) in [4.78, 5) is 0. The Kier molecular flexibility index (Phi) is 14.0. The number of hydrogen-bond acceptors (Lipinski definition) is 2. The van der Waals surface area contributed by atoms with E-state index in [0.29, 0.717) is 5.92 Å². The van der Waals surface area contributed by atoms with Crippen molar-refractivity contribution in [2.45, 2.75) is 126 Å². The third kappa shape index (κ3) is 12.1. The van der Waals surface area contributed by atoms with Crippen molar-refractivity contribution in [3.05, 3.63) is 106 Å². The summed E-state index contributed by atoms with van der Waals surface area (Å²) in [5.41, 5.74) is 9.44. The quantitative estimate of drug-likeness (QED) is 0.180. The second-order valence-electron chi connectivity index (χ2n) is 14.4. The first-order chi connectivity index (χ1) is 19.6. The molecule has 0 aliphatic heterocycles. The van der Waals surface area contributed by atoms with Gasteiger partial charge in [0.1, 0.15) is 0 Å². The van der Waals surface area contributed by atoms with Gasteiger partial charge in [0.2, 0.25) is 0 Å². The van der Waals surface area contributed by atoms with E-state index in [9.17, 15) is 10.2 Å². The first-order valence-electron chi connectivity index (χ1n) is 16.0. The highest BCUT2D eigenvalue weighted by atomic mass is 16.3. The van der Waals surface area contributed by atoms with Gasteiger partial charge in [0.05, 0.1) is 12.2 Å². The van der Waals surface area contributed by atoms with Gasteiger partial charge in [-0.05, 0) is 103 Å². The van der Waals surface area contributed by atoms with E-state index in [-0.39, 0.29) is 23.0 Å². The van der Waals surface area contributed by atoms with Crippen LogP contribution in [0.3, 0.4) is 0 Å². The van der Waals surface area contributed by atoms with Crippen LogP contribution in [0.1, 0.15) is 114 Å². The number of aliphatic hydroxyl groups excluding tert-OH is 2. The largest absolute Gasteiger partial charge is 0.393 e. The fourth-order valence-electron chi connectivity index (χ4n) is 6.60. The van der Waals surface area contributed by atoms with E-state index in [4.69, 9.17) is 0 Å². The highest BCUT2D eigenvalue weighted by Crippen LogP contribution is 2.42. The fraction of sp³-hybridized carbons (Fsp3) is 0.550. The monoisotopic (exact) mass is 572 g/mol. The maximum absolute atomic E-state index is 10.1. The average molecular weight is 573 g/mol. The van der Waals surface area contributed by atoms with Crippen molar-refractivity contribution in [1.29, 1.82) is 0 Å². The minimum Gasteiger partial charge on any atom is -0.393 e. The van der Waals surface area contributed by atoms with Crippen LogP contribution < -0.4 is 0 Å². The van der Waals surface area contributed by atoms with Crippen molar-refractivity contribution >= 4 is 0 Å². The second kappa shape index (κ2) is 16.4. The van der Waals surface area contributed by atoms with Crippen LogP contribution in [0, 0.1) is 16.7 Å². The first kappa shape index (κ1) is 35.8. The van der Waals surface area contributed by atoms with E-state index in [2.05, 4.69) is 130 Å². The van der Waals surface area contributed by atoms with E-state index in [1.165, 1.54) is 39.0 Å². The molecule has 0 fully saturated rings. The highest BCUT2D eigenvalue weighted by molar-refractivity contribution is 5.36. The highest BCUT2D eigenvalue weighted by Gasteiger charge is 2.34. The third-order valence-electron chi connectivity index (χ3n) is 8.95. The summed E-state index contributed by atoms with van der Waals surface area (Å²) in [7, 11) is 0. The lowest BCUT2D eigenvalue weighted by atomic mass is 9.67. The molecule has 2 nitrogen and oxygen atoms in total. The molecular formula is C40H60O2. The molecule has 2 aliphatic carbocycles. The third-order valence-corrected chi connectivity index (χ3v) is 8.95. The van der Waals surface area contributed by atoms with Gasteiger partial charge in [0.15, 0.2) is 0 Å². The van der Waals surface area contributed by atoms with E-state index < -0.39 is 0 Å². The second-order valence-corrected chi connectivity index (χ2v) is 14.4. The van der Waals surface area contributed by atoms with E-state index in [1.807, 2.05) is 6.08 Å². The van der Waals surface area contributed by atoms with Gasteiger partial charge in [-0.2, -0.15) is 0 Å². The predicted molar refractivity (Wildman–Crippen MR) is 184 cm³/mol. The lowest BCUT2D eigenvalue weighted by molar-refractivity contribution is 0.116. The van der Waals surface area contributed by atoms with Crippen LogP contribution in [0.4, 0.5) is 0 Å². The molecule has 232 valence electrons. The summed E-state index contributed by atoms with van der Waals surface area (Å²) in [5.74, 6) is 0.377. The SMILES string of the molecule is CC1=C[C@H](O)CC(C)(C)[C@H]1/C=C/C(C)=C/CC/C(C)=C/C=C/C=C(\C)CC/C=C(C)/C=C/C1=C(C)C[C@H](O)CC1(C)C. The Hall–Kier alpha value is -2.42. The smallest absolute Gasteiger partial charge is 0.0729 e. The number of hydrogen-bond donors (Lipinski definition) is 2.